The summed E-state index contributed by atoms with van der Waals surface area (Å²) in [7, 11) is 0. The van der Waals surface area contributed by atoms with E-state index >= 15 is 0 Å². The number of carbonyl (C=O) groups is 1. The lowest BCUT2D eigenvalue weighted by Gasteiger charge is -2.38. The fourth-order valence-electron chi connectivity index (χ4n) is 3.94. The van der Waals surface area contributed by atoms with Crippen LogP contribution in [-0.2, 0) is 6.54 Å². The van der Waals surface area contributed by atoms with E-state index in [0.717, 1.165) is 49.3 Å². The van der Waals surface area contributed by atoms with Crippen molar-refractivity contribution in [2.24, 2.45) is 5.73 Å². The number of nitrogens with zero attached hydrogens (tertiary/aromatic N) is 2. The lowest BCUT2D eigenvalue weighted by molar-refractivity contribution is 0.0583. The van der Waals surface area contributed by atoms with E-state index in [4.69, 9.17) is 5.73 Å². The van der Waals surface area contributed by atoms with Crippen molar-refractivity contribution in [1.82, 2.24) is 9.47 Å². The third-order valence-corrected chi connectivity index (χ3v) is 5.40. The Morgan fingerprint density at radius 2 is 1.96 bits per heavy atom. The van der Waals surface area contributed by atoms with Gasteiger partial charge in [0.2, 0.25) is 0 Å². The van der Waals surface area contributed by atoms with E-state index in [1.54, 1.807) is 0 Å². The smallest absolute Gasteiger partial charge is 0.255 e. The van der Waals surface area contributed by atoms with Crippen molar-refractivity contribution in [3.63, 3.8) is 0 Å². The van der Waals surface area contributed by atoms with Gasteiger partial charge in [-0.05, 0) is 51.7 Å². The van der Waals surface area contributed by atoms with Gasteiger partial charge in [0.15, 0.2) is 0 Å². The average molecular weight is 339 g/mol. The second-order valence-corrected chi connectivity index (χ2v) is 7.28. The number of piperidine rings is 1. The standard InChI is InChI=1S/C21H29N3O/c1-15-13-19(17(3)24(15)14-18-9-5-4-6-10-18)21(25)23-12-8-7-11-20(23)16(2)22/h4-6,9-10,13,16,20H,7-8,11-12,14,22H2,1-3H3. The molecule has 4 nitrogen and oxygen atoms in total. The van der Waals surface area contributed by atoms with Crippen molar-refractivity contribution >= 4 is 5.91 Å². The monoisotopic (exact) mass is 339 g/mol. The predicted molar refractivity (Wildman–Crippen MR) is 102 cm³/mol. The van der Waals surface area contributed by atoms with Crippen LogP contribution in [0.15, 0.2) is 36.4 Å². The number of amides is 1. The van der Waals surface area contributed by atoms with E-state index in [9.17, 15) is 4.79 Å². The summed E-state index contributed by atoms with van der Waals surface area (Å²) >= 11 is 0. The molecule has 0 bridgehead atoms. The molecule has 2 aromatic rings. The van der Waals surface area contributed by atoms with Crippen molar-refractivity contribution < 1.29 is 4.79 Å². The Kier molecular flexibility index (Phi) is 5.28. The van der Waals surface area contributed by atoms with Crippen LogP contribution in [0.5, 0.6) is 0 Å². The average Bonchev–Trinajstić information content (AvgIpc) is 2.90. The van der Waals surface area contributed by atoms with Gasteiger partial charge in [-0.15, -0.1) is 0 Å². The zero-order valence-electron chi connectivity index (χ0n) is 15.5. The number of benzene rings is 1. The van der Waals surface area contributed by atoms with E-state index < -0.39 is 0 Å². The molecule has 1 aliphatic rings. The first kappa shape index (κ1) is 17.7. The molecule has 25 heavy (non-hydrogen) atoms. The third kappa shape index (κ3) is 3.64. The second-order valence-electron chi connectivity index (χ2n) is 7.28. The summed E-state index contributed by atoms with van der Waals surface area (Å²) in [6, 6.07) is 12.6. The Hall–Kier alpha value is -2.07. The molecule has 1 aromatic heterocycles. The molecule has 0 saturated carbocycles. The molecule has 1 aromatic carbocycles. The molecule has 1 amide bonds. The maximum atomic E-state index is 13.2. The molecule has 0 radical (unpaired) electrons. The lowest BCUT2D eigenvalue weighted by atomic mass is 9.96. The molecule has 1 aliphatic heterocycles. The van der Waals surface area contributed by atoms with Gasteiger partial charge in [-0.2, -0.15) is 0 Å². The summed E-state index contributed by atoms with van der Waals surface area (Å²) in [6.07, 6.45) is 3.23. The molecule has 1 saturated heterocycles. The normalized spacial score (nSPS) is 19.0. The minimum absolute atomic E-state index is 0.0112. The number of likely N-dealkylation sites (tertiary alicyclic amines) is 1. The first-order valence-corrected chi connectivity index (χ1v) is 9.26. The molecule has 2 atom stereocenters. The Balaban J connectivity index is 1.87. The molecular weight excluding hydrogens is 310 g/mol. The first-order chi connectivity index (χ1) is 12.0. The number of hydrogen-bond donors (Lipinski definition) is 1. The van der Waals surface area contributed by atoms with Crippen molar-refractivity contribution in [1.29, 1.82) is 0 Å². The number of rotatable bonds is 4. The zero-order valence-corrected chi connectivity index (χ0v) is 15.5. The second kappa shape index (κ2) is 7.44. The number of nitrogens with two attached hydrogens (primary N) is 1. The predicted octanol–water partition coefficient (Wildman–Crippen LogP) is 3.50. The summed E-state index contributed by atoms with van der Waals surface area (Å²) in [5, 5.41) is 0. The van der Waals surface area contributed by atoms with Gasteiger partial charge in [-0.1, -0.05) is 30.3 Å². The van der Waals surface area contributed by atoms with Gasteiger partial charge < -0.3 is 15.2 Å². The molecule has 0 spiro atoms. The highest BCUT2D eigenvalue weighted by Crippen LogP contribution is 2.25. The summed E-state index contributed by atoms with van der Waals surface area (Å²) in [5.74, 6) is 0.134. The maximum Gasteiger partial charge on any atom is 0.255 e. The Labute approximate surface area is 150 Å². The van der Waals surface area contributed by atoms with Gasteiger partial charge in [0.05, 0.1) is 5.56 Å². The van der Waals surface area contributed by atoms with Crippen LogP contribution >= 0.6 is 0 Å². The minimum atomic E-state index is 0.0112. The largest absolute Gasteiger partial charge is 0.344 e. The molecule has 3 rings (SSSR count). The van der Waals surface area contributed by atoms with Crippen LogP contribution in [0.3, 0.4) is 0 Å². The van der Waals surface area contributed by atoms with Gasteiger partial charge in [0, 0.05) is 36.6 Å². The maximum absolute atomic E-state index is 13.2. The van der Waals surface area contributed by atoms with Crippen molar-refractivity contribution in [2.45, 2.75) is 58.7 Å². The van der Waals surface area contributed by atoms with Crippen molar-refractivity contribution in [2.75, 3.05) is 6.54 Å². The molecule has 1 fully saturated rings. The molecule has 2 N–H and O–H groups in total. The number of aryl methyl sites for hydroxylation is 1. The number of carbonyl (C=O) groups excluding carboxylic acids is 1. The fourth-order valence-corrected chi connectivity index (χ4v) is 3.94. The van der Waals surface area contributed by atoms with E-state index in [0.29, 0.717) is 0 Å². The quantitative estimate of drug-likeness (QED) is 0.927. The first-order valence-electron chi connectivity index (χ1n) is 9.26. The molecule has 4 heteroatoms. The molecular formula is C21H29N3O. The molecule has 2 unspecified atom stereocenters. The fraction of sp³-hybridized carbons (Fsp3) is 0.476. The van der Waals surface area contributed by atoms with E-state index in [1.165, 1.54) is 5.56 Å². The van der Waals surface area contributed by atoms with E-state index in [-0.39, 0.29) is 18.0 Å². The topological polar surface area (TPSA) is 51.3 Å². The van der Waals surface area contributed by atoms with Gasteiger partial charge in [-0.25, -0.2) is 0 Å². The zero-order chi connectivity index (χ0) is 18.0. The van der Waals surface area contributed by atoms with Crippen LogP contribution in [0.4, 0.5) is 0 Å². The van der Waals surface area contributed by atoms with Gasteiger partial charge in [-0.3, -0.25) is 4.79 Å². The van der Waals surface area contributed by atoms with Crippen LogP contribution < -0.4 is 5.73 Å². The summed E-state index contributed by atoms with van der Waals surface area (Å²) in [4.78, 5) is 15.2. The Morgan fingerprint density at radius 1 is 1.24 bits per heavy atom. The van der Waals surface area contributed by atoms with Crippen LogP contribution in [0.1, 0.15) is 53.5 Å². The van der Waals surface area contributed by atoms with E-state index in [1.807, 2.05) is 30.9 Å². The highest BCUT2D eigenvalue weighted by atomic mass is 16.2. The van der Waals surface area contributed by atoms with Crippen LogP contribution in [0.2, 0.25) is 0 Å². The Bertz CT molecular complexity index is 733. The van der Waals surface area contributed by atoms with Crippen molar-refractivity contribution in [3.05, 3.63) is 58.9 Å². The molecule has 2 heterocycles. The summed E-state index contributed by atoms with van der Waals surface area (Å²) in [5.41, 5.74) is 10.4. The molecule has 0 aliphatic carbocycles. The van der Waals surface area contributed by atoms with Gasteiger partial charge in [0.25, 0.3) is 5.91 Å². The summed E-state index contributed by atoms with van der Waals surface area (Å²) < 4.78 is 2.23. The third-order valence-electron chi connectivity index (χ3n) is 5.40. The Morgan fingerprint density at radius 3 is 2.64 bits per heavy atom. The SMILES string of the molecule is Cc1cc(C(=O)N2CCCCC2C(C)N)c(C)n1Cc1ccccc1. The highest BCUT2D eigenvalue weighted by molar-refractivity contribution is 5.96. The number of hydrogen-bond acceptors (Lipinski definition) is 2. The van der Waals surface area contributed by atoms with Crippen molar-refractivity contribution in [3.8, 4) is 0 Å². The van der Waals surface area contributed by atoms with E-state index in [2.05, 4.69) is 35.8 Å². The van der Waals surface area contributed by atoms with Crippen LogP contribution in [0.25, 0.3) is 0 Å². The summed E-state index contributed by atoms with van der Waals surface area (Å²) in [6.45, 7) is 7.74. The minimum Gasteiger partial charge on any atom is -0.344 e. The lowest BCUT2D eigenvalue weighted by Crippen LogP contribution is -2.51. The number of aromatic nitrogens is 1. The highest BCUT2D eigenvalue weighted by Gasteiger charge is 2.31. The van der Waals surface area contributed by atoms with Crippen LogP contribution in [-0.4, -0.2) is 34.0 Å². The van der Waals surface area contributed by atoms with Crippen LogP contribution in [0, 0.1) is 13.8 Å². The van der Waals surface area contributed by atoms with Gasteiger partial charge in [0.1, 0.15) is 0 Å². The molecule has 134 valence electrons. The van der Waals surface area contributed by atoms with Gasteiger partial charge >= 0.3 is 0 Å².